The molecule has 0 amide bonds. The molecule has 3 nitrogen and oxygen atoms in total. The molecule has 0 aliphatic heterocycles. The first-order chi connectivity index (χ1) is 9.90. The zero-order valence-corrected chi connectivity index (χ0v) is 14.6. The van der Waals surface area contributed by atoms with E-state index in [0.717, 1.165) is 16.0 Å². The van der Waals surface area contributed by atoms with Gasteiger partial charge >= 0.3 is 0 Å². The maximum Gasteiger partial charge on any atom is 0.218 e. The number of sulfonamides is 1. The quantitative estimate of drug-likeness (QED) is 0.724. The monoisotopic (exact) mass is 363 g/mol. The number of hydrogen-bond acceptors (Lipinski definition) is 3. The first-order valence-electron chi connectivity index (χ1n) is 6.23. The van der Waals surface area contributed by atoms with Gasteiger partial charge in [-0.1, -0.05) is 35.9 Å². The SMILES string of the molecule is CN(Cc1ccc(Cl)s1)S(=O)(=O)Cc1cccc(CCl)c1. The lowest BCUT2D eigenvalue weighted by Gasteiger charge is -2.16. The van der Waals surface area contributed by atoms with Crippen LogP contribution in [0.4, 0.5) is 0 Å². The van der Waals surface area contributed by atoms with E-state index >= 15 is 0 Å². The highest BCUT2D eigenvalue weighted by molar-refractivity contribution is 7.88. The molecular weight excluding hydrogens is 349 g/mol. The summed E-state index contributed by atoms with van der Waals surface area (Å²) in [5, 5.41) is 0. The van der Waals surface area contributed by atoms with Gasteiger partial charge in [0.25, 0.3) is 0 Å². The van der Waals surface area contributed by atoms with Crippen LogP contribution in [0.2, 0.25) is 4.34 Å². The number of hydrogen-bond donors (Lipinski definition) is 0. The van der Waals surface area contributed by atoms with Crippen molar-refractivity contribution in [2.24, 2.45) is 0 Å². The second-order valence-corrected chi connectivity index (χ2v) is 8.81. The highest BCUT2D eigenvalue weighted by Gasteiger charge is 2.19. The summed E-state index contributed by atoms with van der Waals surface area (Å²) < 4.78 is 26.8. The fourth-order valence-electron chi connectivity index (χ4n) is 1.88. The standard InChI is InChI=1S/C14H15Cl2NO2S2/c1-17(9-13-5-6-14(16)20-13)21(18,19)10-12-4-2-3-11(7-12)8-15/h2-7H,8-10H2,1H3. The van der Waals surface area contributed by atoms with Crippen LogP contribution in [0.5, 0.6) is 0 Å². The molecule has 1 aromatic heterocycles. The summed E-state index contributed by atoms with van der Waals surface area (Å²) in [5.41, 5.74) is 1.65. The number of benzene rings is 1. The predicted molar refractivity (Wildman–Crippen MR) is 89.4 cm³/mol. The van der Waals surface area contributed by atoms with Crippen LogP contribution >= 0.6 is 34.5 Å². The van der Waals surface area contributed by atoms with Gasteiger partial charge in [0.15, 0.2) is 0 Å². The topological polar surface area (TPSA) is 37.4 Å². The Labute approximate surface area is 139 Å². The van der Waals surface area contributed by atoms with Gasteiger partial charge in [0.1, 0.15) is 0 Å². The van der Waals surface area contributed by atoms with E-state index in [2.05, 4.69) is 0 Å². The molecule has 2 aromatic rings. The van der Waals surface area contributed by atoms with Gasteiger partial charge in [0.2, 0.25) is 10.0 Å². The van der Waals surface area contributed by atoms with Crippen LogP contribution in [0.3, 0.4) is 0 Å². The Morgan fingerprint density at radius 2 is 1.90 bits per heavy atom. The molecule has 0 unspecified atom stereocenters. The summed E-state index contributed by atoms with van der Waals surface area (Å²) in [6.45, 7) is 0.328. The van der Waals surface area contributed by atoms with Crippen molar-refractivity contribution in [3.05, 3.63) is 56.7 Å². The lowest BCUT2D eigenvalue weighted by atomic mass is 10.2. The number of nitrogens with zero attached hydrogens (tertiary/aromatic N) is 1. The van der Waals surface area contributed by atoms with Crippen molar-refractivity contribution in [1.82, 2.24) is 4.31 Å². The molecule has 0 saturated carbocycles. The van der Waals surface area contributed by atoms with Gasteiger partial charge in [-0.2, -0.15) is 4.31 Å². The zero-order chi connectivity index (χ0) is 15.5. The van der Waals surface area contributed by atoms with Gasteiger partial charge in [-0.15, -0.1) is 22.9 Å². The molecule has 0 saturated heterocycles. The molecule has 114 valence electrons. The number of halogens is 2. The number of rotatable bonds is 6. The maximum atomic E-state index is 12.4. The van der Waals surface area contributed by atoms with Crippen molar-refractivity contribution in [3.63, 3.8) is 0 Å². The van der Waals surface area contributed by atoms with E-state index in [1.807, 2.05) is 24.3 Å². The first kappa shape index (κ1) is 16.8. The minimum atomic E-state index is -3.37. The van der Waals surface area contributed by atoms with E-state index in [0.29, 0.717) is 16.8 Å². The Bertz CT molecular complexity index is 713. The van der Waals surface area contributed by atoms with Crippen LogP contribution in [0, 0.1) is 0 Å². The Balaban J connectivity index is 2.09. The molecule has 1 aromatic carbocycles. The fraction of sp³-hybridized carbons (Fsp3) is 0.286. The van der Waals surface area contributed by atoms with E-state index in [-0.39, 0.29) is 5.75 Å². The van der Waals surface area contributed by atoms with E-state index in [1.54, 1.807) is 19.2 Å². The van der Waals surface area contributed by atoms with Gasteiger partial charge in [-0.25, -0.2) is 8.42 Å². The highest BCUT2D eigenvalue weighted by atomic mass is 35.5. The average Bonchev–Trinajstić information content (AvgIpc) is 2.83. The zero-order valence-electron chi connectivity index (χ0n) is 11.4. The molecular formula is C14H15Cl2NO2S2. The average molecular weight is 364 g/mol. The van der Waals surface area contributed by atoms with E-state index in [1.165, 1.54) is 15.6 Å². The highest BCUT2D eigenvalue weighted by Crippen LogP contribution is 2.23. The summed E-state index contributed by atoms with van der Waals surface area (Å²) in [6.07, 6.45) is 0. The predicted octanol–water partition coefficient (Wildman–Crippen LogP) is 4.10. The molecule has 21 heavy (non-hydrogen) atoms. The minimum absolute atomic E-state index is 0.0344. The van der Waals surface area contributed by atoms with Crippen molar-refractivity contribution in [2.45, 2.75) is 18.2 Å². The van der Waals surface area contributed by atoms with E-state index < -0.39 is 10.0 Å². The second-order valence-electron chi connectivity index (χ2n) is 4.67. The van der Waals surface area contributed by atoms with Crippen molar-refractivity contribution >= 4 is 44.6 Å². The third-order valence-electron chi connectivity index (χ3n) is 2.98. The Morgan fingerprint density at radius 1 is 1.19 bits per heavy atom. The van der Waals surface area contributed by atoms with E-state index in [9.17, 15) is 8.42 Å². The van der Waals surface area contributed by atoms with Crippen molar-refractivity contribution < 1.29 is 8.42 Å². The smallest absolute Gasteiger partial charge is 0.212 e. The third kappa shape index (κ3) is 4.69. The molecule has 7 heteroatoms. The number of alkyl halides is 1. The second kappa shape index (κ2) is 7.11. The lowest BCUT2D eigenvalue weighted by molar-refractivity contribution is 0.469. The molecule has 0 bridgehead atoms. The summed E-state index contributed by atoms with van der Waals surface area (Å²) in [7, 11) is -1.80. The lowest BCUT2D eigenvalue weighted by Crippen LogP contribution is -2.27. The normalized spacial score (nSPS) is 12.0. The van der Waals surface area contributed by atoms with Gasteiger partial charge < -0.3 is 0 Å². The fourth-order valence-corrected chi connectivity index (χ4v) is 4.42. The Morgan fingerprint density at radius 3 is 2.52 bits per heavy atom. The van der Waals surface area contributed by atoms with Gasteiger partial charge in [-0.05, 0) is 23.3 Å². The molecule has 0 radical (unpaired) electrons. The van der Waals surface area contributed by atoms with Crippen LogP contribution in [0.1, 0.15) is 16.0 Å². The van der Waals surface area contributed by atoms with Crippen LogP contribution in [0.25, 0.3) is 0 Å². The molecule has 0 fully saturated rings. The molecule has 0 aliphatic carbocycles. The van der Waals surface area contributed by atoms with Gasteiger partial charge in [-0.3, -0.25) is 0 Å². The molecule has 0 atom stereocenters. The van der Waals surface area contributed by atoms with Crippen molar-refractivity contribution in [3.8, 4) is 0 Å². The Hall–Kier alpha value is -0.590. The third-order valence-corrected chi connectivity index (χ3v) is 6.28. The molecule has 0 N–H and O–H groups in total. The summed E-state index contributed by atoms with van der Waals surface area (Å²) >= 11 is 13.0. The van der Waals surface area contributed by atoms with Crippen LogP contribution in [-0.4, -0.2) is 19.8 Å². The molecule has 0 spiro atoms. The summed E-state index contributed by atoms with van der Waals surface area (Å²) in [6, 6.07) is 10.9. The molecule has 1 heterocycles. The maximum absolute atomic E-state index is 12.4. The Kier molecular flexibility index (Phi) is 5.68. The van der Waals surface area contributed by atoms with Crippen LogP contribution in [0.15, 0.2) is 36.4 Å². The van der Waals surface area contributed by atoms with Crippen molar-refractivity contribution in [1.29, 1.82) is 0 Å². The van der Waals surface area contributed by atoms with Gasteiger partial charge in [0, 0.05) is 24.3 Å². The van der Waals surface area contributed by atoms with E-state index in [4.69, 9.17) is 23.2 Å². The summed E-state index contributed by atoms with van der Waals surface area (Å²) in [5.74, 6) is 0.338. The number of thiophene rings is 1. The largest absolute Gasteiger partial charge is 0.218 e. The summed E-state index contributed by atoms with van der Waals surface area (Å²) in [4.78, 5) is 0.917. The van der Waals surface area contributed by atoms with Gasteiger partial charge in [0.05, 0.1) is 10.1 Å². The molecule has 2 rings (SSSR count). The minimum Gasteiger partial charge on any atom is -0.212 e. The van der Waals surface area contributed by atoms with Crippen LogP contribution < -0.4 is 0 Å². The molecule has 0 aliphatic rings. The van der Waals surface area contributed by atoms with Crippen LogP contribution in [-0.2, 0) is 28.2 Å². The van der Waals surface area contributed by atoms with Crippen molar-refractivity contribution in [2.75, 3.05) is 7.05 Å². The first-order valence-corrected chi connectivity index (χ1v) is 9.56.